The minimum Gasteiger partial charge on any atom is -0.326 e. The fraction of sp³-hybridized carbons (Fsp3) is 0.133. The number of hydrogen-bond acceptors (Lipinski definition) is 4. The molecule has 0 aliphatic carbocycles. The number of rotatable bonds is 3. The summed E-state index contributed by atoms with van der Waals surface area (Å²) in [5.41, 5.74) is 9.54. The van der Waals surface area contributed by atoms with Crippen LogP contribution in [0.2, 0.25) is 5.02 Å². The lowest BCUT2D eigenvalue weighted by molar-refractivity contribution is 0.787. The molecule has 6 heteroatoms. The molecule has 0 atom stereocenters. The molecule has 0 bridgehead atoms. The molecule has 2 aromatic carbocycles. The van der Waals surface area contributed by atoms with E-state index in [1.54, 1.807) is 4.68 Å². The summed E-state index contributed by atoms with van der Waals surface area (Å²) in [5.74, 6) is 0.684. The molecule has 2 N–H and O–H groups in total. The first-order chi connectivity index (χ1) is 10.2. The molecule has 0 spiro atoms. The van der Waals surface area contributed by atoms with E-state index in [9.17, 15) is 0 Å². The lowest BCUT2D eigenvalue weighted by Gasteiger charge is -2.08. The second kappa shape index (κ2) is 5.63. The van der Waals surface area contributed by atoms with Crippen molar-refractivity contribution in [3.05, 3.63) is 58.6 Å². The lowest BCUT2D eigenvalue weighted by Crippen LogP contribution is -2.02. The highest BCUT2D eigenvalue weighted by molar-refractivity contribution is 6.30. The zero-order valence-corrected chi connectivity index (χ0v) is 12.2. The smallest absolute Gasteiger partial charge is 0.187 e. The molecule has 0 aliphatic rings. The Labute approximate surface area is 127 Å². The van der Waals surface area contributed by atoms with Crippen molar-refractivity contribution in [3.8, 4) is 17.1 Å². The minimum atomic E-state index is 0.515. The van der Waals surface area contributed by atoms with Crippen LogP contribution in [0.5, 0.6) is 0 Å². The van der Waals surface area contributed by atoms with E-state index < -0.39 is 0 Å². The van der Waals surface area contributed by atoms with Crippen molar-refractivity contribution < 1.29 is 0 Å². The minimum absolute atomic E-state index is 0.515. The van der Waals surface area contributed by atoms with Crippen molar-refractivity contribution in [2.75, 3.05) is 0 Å². The van der Waals surface area contributed by atoms with Crippen LogP contribution in [0, 0.1) is 6.92 Å². The average molecular weight is 300 g/mol. The molecule has 0 saturated carbocycles. The largest absolute Gasteiger partial charge is 0.326 e. The van der Waals surface area contributed by atoms with Crippen LogP contribution in [-0.4, -0.2) is 20.2 Å². The number of aryl methyl sites for hydroxylation is 1. The SMILES string of the molecule is Cc1cc(Cl)ccc1-n1nnnc1-c1ccc(CN)cc1. The summed E-state index contributed by atoms with van der Waals surface area (Å²) in [7, 11) is 0. The summed E-state index contributed by atoms with van der Waals surface area (Å²) >= 11 is 6.00. The molecule has 21 heavy (non-hydrogen) atoms. The topological polar surface area (TPSA) is 69.6 Å². The van der Waals surface area contributed by atoms with Gasteiger partial charge in [0.1, 0.15) is 0 Å². The van der Waals surface area contributed by atoms with Crippen LogP contribution < -0.4 is 5.73 Å². The molecular weight excluding hydrogens is 286 g/mol. The van der Waals surface area contributed by atoms with Crippen molar-refractivity contribution in [1.29, 1.82) is 0 Å². The molecular formula is C15H14ClN5. The van der Waals surface area contributed by atoms with Crippen molar-refractivity contribution in [1.82, 2.24) is 20.2 Å². The molecule has 0 fully saturated rings. The van der Waals surface area contributed by atoms with Gasteiger partial charge in [0.15, 0.2) is 5.82 Å². The third-order valence-electron chi connectivity index (χ3n) is 3.30. The number of tetrazole rings is 1. The summed E-state index contributed by atoms with van der Waals surface area (Å²) in [5, 5.41) is 12.7. The van der Waals surface area contributed by atoms with Crippen molar-refractivity contribution in [2.24, 2.45) is 5.73 Å². The number of aromatic nitrogens is 4. The van der Waals surface area contributed by atoms with Gasteiger partial charge in [-0.25, -0.2) is 0 Å². The summed E-state index contributed by atoms with van der Waals surface area (Å²) < 4.78 is 1.71. The van der Waals surface area contributed by atoms with Gasteiger partial charge in [-0.2, -0.15) is 4.68 Å². The first-order valence-electron chi connectivity index (χ1n) is 6.53. The third kappa shape index (κ3) is 2.66. The molecule has 0 amide bonds. The highest BCUT2D eigenvalue weighted by Crippen LogP contribution is 2.23. The molecule has 0 unspecified atom stereocenters. The second-order valence-electron chi connectivity index (χ2n) is 4.75. The van der Waals surface area contributed by atoms with E-state index in [0.29, 0.717) is 17.4 Å². The van der Waals surface area contributed by atoms with Crippen LogP contribution in [0.15, 0.2) is 42.5 Å². The first-order valence-corrected chi connectivity index (χ1v) is 6.91. The van der Waals surface area contributed by atoms with Gasteiger partial charge in [0.05, 0.1) is 5.69 Å². The molecule has 5 nitrogen and oxygen atoms in total. The fourth-order valence-electron chi connectivity index (χ4n) is 2.18. The fourth-order valence-corrected chi connectivity index (χ4v) is 2.40. The highest BCUT2D eigenvalue weighted by atomic mass is 35.5. The van der Waals surface area contributed by atoms with Gasteiger partial charge in [0.25, 0.3) is 0 Å². The summed E-state index contributed by atoms with van der Waals surface area (Å²) in [6.45, 7) is 2.49. The van der Waals surface area contributed by atoms with Crippen LogP contribution in [0.4, 0.5) is 0 Å². The van der Waals surface area contributed by atoms with E-state index in [-0.39, 0.29) is 0 Å². The number of halogens is 1. The Morgan fingerprint density at radius 1 is 1.14 bits per heavy atom. The monoisotopic (exact) mass is 299 g/mol. The van der Waals surface area contributed by atoms with Crippen molar-refractivity contribution in [2.45, 2.75) is 13.5 Å². The Morgan fingerprint density at radius 3 is 2.57 bits per heavy atom. The Kier molecular flexibility index (Phi) is 3.68. The zero-order chi connectivity index (χ0) is 14.8. The molecule has 3 rings (SSSR count). The molecule has 0 saturated heterocycles. The Hall–Kier alpha value is -2.24. The van der Waals surface area contributed by atoms with E-state index in [1.807, 2.05) is 49.4 Å². The Morgan fingerprint density at radius 2 is 1.90 bits per heavy atom. The Balaban J connectivity index is 2.07. The van der Waals surface area contributed by atoms with Gasteiger partial charge in [-0.15, -0.1) is 5.10 Å². The molecule has 1 heterocycles. The van der Waals surface area contributed by atoms with E-state index in [2.05, 4.69) is 15.5 Å². The van der Waals surface area contributed by atoms with Gasteiger partial charge in [0, 0.05) is 17.1 Å². The van der Waals surface area contributed by atoms with Crippen LogP contribution in [0.1, 0.15) is 11.1 Å². The van der Waals surface area contributed by atoms with Gasteiger partial charge >= 0.3 is 0 Å². The summed E-state index contributed by atoms with van der Waals surface area (Å²) in [6.07, 6.45) is 0. The van der Waals surface area contributed by atoms with Crippen LogP contribution in [-0.2, 0) is 6.54 Å². The maximum Gasteiger partial charge on any atom is 0.187 e. The summed E-state index contributed by atoms with van der Waals surface area (Å²) in [4.78, 5) is 0. The van der Waals surface area contributed by atoms with Gasteiger partial charge in [-0.1, -0.05) is 35.9 Å². The van der Waals surface area contributed by atoms with Crippen LogP contribution in [0.3, 0.4) is 0 Å². The number of hydrogen-bond donors (Lipinski definition) is 1. The van der Waals surface area contributed by atoms with Gasteiger partial charge < -0.3 is 5.73 Å². The zero-order valence-electron chi connectivity index (χ0n) is 11.5. The predicted octanol–water partition coefficient (Wildman–Crippen LogP) is 2.75. The second-order valence-corrected chi connectivity index (χ2v) is 5.18. The molecule has 0 radical (unpaired) electrons. The lowest BCUT2D eigenvalue weighted by atomic mass is 10.1. The predicted molar refractivity (Wildman–Crippen MR) is 82.2 cm³/mol. The first kappa shape index (κ1) is 13.7. The molecule has 0 aliphatic heterocycles. The molecule has 106 valence electrons. The number of nitrogens with two attached hydrogens (primary N) is 1. The van der Waals surface area contributed by atoms with E-state index >= 15 is 0 Å². The van der Waals surface area contributed by atoms with E-state index in [1.165, 1.54) is 0 Å². The van der Waals surface area contributed by atoms with Crippen molar-refractivity contribution in [3.63, 3.8) is 0 Å². The van der Waals surface area contributed by atoms with E-state index in [4.69, 9.17) is 17.3 Å². The average Bonchev–Trinajstić information content (AvgIpc) is 2.96. The Bertz CT molecular complexity index is 764. The maximum absolute atomic E-state index is 6.00. The summed E-state index contributed by atoms with van der Waals surface area (Å²) in [6, 6.07) is 13.5. The standard InChI is InChI=1S/C15H14ClN5/c1-10-8-13(16)6-7-14(10)21-15(18-19-20-21)12-4-2-11(9-17)3-5-12/h2-8H,9,17H2,1H3. The van der Waals surface area contributed by atoms with Crippen LogP contribution >= 0.6 is 11.6 Å². The van der Waals surface area contributed by atoms with Crippen molar-refractivity contribution >= 4 is 11.6 Å². The van der Waals surface area contributed by atoms with Gasteiger partial charge in [-0.3, -0.25) is 0 Å². The molecule has 1 aromatic heterocycles. The maximum atomic E-state index is 6.00. The highest BCUT2D eigenvalue weighted by Gasteiger charge is 2.12. The van der Waals surface area contributed by atoms with Gasteiger partial charge in [0.2, 0.25) is 0 Å². The number of nitrogens with zero attached hydrogens (tertiary/aromatic N) is 4. The third-order valence-corrected chi connectivity index (χ3v) is 3.54. The molecule has 3 aromatic rings. The normalized spacial score (nSPS) is 10.8. The van der Waals surface area contributed by atoms with E-state index in [0.717, 1.165) is 22.4 Å². The van der Waals surface area contributed by atoms with Gasteiger partial charge in [-0.05, 0) is 46.7 Å². The number of benzene rings is 2. The quantitative estimate of drug-likeness (QED) is 0.807. The van der Waals surface area contributed by atoms with Crippen LogP contribution in [0.25, 0.3) is 17.1 Å².